The van der Waals surface area contributed by atoms with Crippen LogP contribution in [0.5, 0.6) is 12.0 Å². The molecular formula is C46H60N10O10. The highest BCUT2D eigenvalue weighted by atomic mass is 16.6. The lowest BCUT2D eigenvalue weighted by molar-refractivity contribution is -0.383. The van der Waals surface area contributed by atoms with Gasteiger partial charge in [0.2, 0.25) is 23.3 Å². The van der Waals surface area contributed by atoms with Crippen LogP contribution in [0.3, 0.4) is 0 Å². The Kier molecular flexibility index (Phi) is 20.7. The van der Waals surface area contributed by atoms with Crippen molar-refractivity contribution in [1.82, 2.24) is 19.9 Å². The van der Waals surface area contributed by atoms with E-state index in [4.69, 9.17) is 36.4 Å². The number of nitrogens with zero attached hydrogens (tertiary/aromatic N) is 8. The lowest BCUT2D eigenvalue weighted by atomic mass is 10.1. The molecule has 20 nitrogen and oxygen atoms in total. The van der Waals surface area contributed by atoms with E-state index in [9.17, 15) is 29.8 Å². The standard InChI is InChI=1S/C22H27N5O5.C20H23N5O5.C4H6.2H2/c1-4-7-8-13-32-21-24-19(23)18(27(29)30)20(25-21)26(22(28)31-6-3)15-17-12-9-11-16(14-17)10-5-2;1-2-29-20(26)24-13-15-10-7-9-14(12-15)8-5-3-4-6-11-30-19-22-17(21)16(25(27)28)18(24)23-19;1-3-4-2;;/h4-5,9,11-12,14H,1-2,6-8,10,13,15H2,3H3,(H2,23,24,25);3,5,7,9-10,12H,2,4,6,8,11,13H2,1H3,(H2,21,22,23);1-2H3;2*1H/b;5-3+;;;/i;;;2*1+1D. The second-order valence-electron chi connectivity index (χ2n) is 13.8. The molecule has 4 bridgehead atoms. The first-order valence-corrected chi connectivity index (χ1v) is 21.0. The molecule has 1 aliphatic rings. The third kappa shape index (κ3) is 16.2. The Morgan fingerprint density at radius 1 is 0.924 bits per heavy atom. The van der Waals surface area contributed by atoms with Crippen LogP contribution in [0.15, 0.2) is 86.0 Å². The topological polar surface area (TPSA) is 267 Å². The minimum Gasteiger partial charge on any atom is -0.463 e. The van der Waals surface area contributed by atoms with Gasteiger partial charge in [-0.3, -0.25) is 30.0 Å². The summed E-state index contributed by atoms with van der Waals surface area (Å²) in [7, 11) is 0. The van der Waals surface area contributed by atoms with Gasteiger partial charge in [0.1, 0.15) is 0 Å². The van der Waals surface area contributed by atoms with E-state index < -0.39 is 39.2 Å². The second kappa shape index (κ2) is 27.9. The van der Waals surface area contributed by atoms with Crippen molar-refractivity contribution in [2.45, 2.75) is 79.3 Å². The number of rotatable bonds is 14. The number of unbranched alkanes of at least 4 members (excludes halogenated alkanes) is 1. The second-order valence-corrected chi connectivity index (χ2v) is 13.8. The molecule has 0 unspecified atom stereocenters. The van der Waals surface area contributed by atoms with Crippen molar-refractivity contribution in [3.05, 3.63) is 128 Å². The third-order valence-corrected chi connectivity index (χ3v) is 8.94. The fourth-order valence-corrected chi connectivity index (χ4v) is 5.92. The van der Waals surface area contributed by atoms with Gasteiger partial charge in [0.15, 0.2) is 0 Å². The Hall–Kier alpha value is -8.08. The van der Waals surface area contributed by atoms with Gasteiger partial charge in [-0.25, -0.2) is 9.59 Å². The summed E-state index contributed by atoms with van der Waals surface area (Å²) in [6.45, 7) is 15.0. The van der Waals surface area contributed by atoms with E-state index in [1.165, 1.54) is 0 Å². The number of carbonyl (C=O) groups excluding carboxylic acids is 2. The zero-order valence-electron chi connectivity index (χ0n) is 41.6. The molecule has 0 atom stereocenters. The molecule has 4 N–H and O–H groups in total. The molecular weight excluding hydrogens is 853 g/mol. The molecule has 66 heavy (non-hydrogen) atoms. The van der Waals surface area contributed by atoms with E-state index in [2.05, 4.69) is 57.1 Å². The lowest BCUT2D eigenvalue weighted by Gasteiger charge is -2.22. The molecule has 2 amide bonds. The zero-order valence-corrected chi connectivity index (χ0v) is 37.6. The van der Waals surface area contributed by atoms with Crippen LogP contribution >= 0.6 is 0 Å². The van der Waals surface area contributed by atoms with Gasteiger partial charge in [0.25, 0.3) is 0 Å². The summed E-state index contributed by atoms with van der Waals surface area (Å²) >= 11 is 0. The van der Waals surface area contributed by atoms with E-state index in [-0.39, 0.29) is 62.4 Å². The number of allylic oxidation sites excluding steroid dienone is 4. The van der Waals surface area contributed by atoms with E-state index >= 15 is 0 Å². The Morgan fingerprint density at radius 3 is 2.27 bits per heavy atom. The molecule has 1 aliphatic heterocycles. The van der Waals surface area contributed by atoms with Crippen LogP contribution in [0.1, 0.15) is 81.6 Å². The van der Waals surface area contributed by atoms with Crippen molar-refractivity contribution in [1.29, 1.82) is 0 Å². The van der Waals surface area contributed by atoms with Crippen molar-refractivity contribution in [2.24, 2.45) is 0 Å². The summed E-state index contributed by atoms with van der Waals surface area (Å²) in [5, 5.41) is 23.4. The number of nitrogen functional groups attached to an aromatic ring is 2. The van der Waals surface area contributed by atoms with Crippen LogP contribution in [-0.2, 0) is 35.4 Å². The van der Waals surface area contributed by atoms with Crippen LogP contribution in [-0.4, -0.2) is 68.4 Å². The molecule has 0 aliphatic carbocycles. The number of nitro groups is 2. The molecule has 0 saturated carbocycles. The SMILES string of the molecule is C=CCCCOc1nc(N)c([N+](=O)[O-])c(N(Cc2cccc(CC=C)c2)C(=O)OCC)n1.CC#CC.CCOC(=O)N1Cc2cccc(c2)C/C=C/CCCOc2nc(N)c([N+](=O)[O-])c1n2.[2H][2H].[2H][2H]. The predicted molar refractivity (Wildman–Crippen MR) is 255 cm³/mol. The van der Waals surface area contributed by atoms with E-state index in [0.717, 1.165) is 44.9 Å². The number of nitrogens with two attached hydrogens (primary N) is 2. The van der Waals surface area contributed by atoms with Gasteiger partial charge in [0.05, 0.1) is 49.4 Å². The third-order valence-electron chi connectivity index (χ3n) is 8.94. The molecule has 0 saturated heterocycles. The average molecular weight is 917 g/mol. The highest BCUT2D eigenvalue weighted by Gasteiger charge is 2.34. The quantitative estimate of drug-likeness (QED) is 0.0392. The summed E-state index contributed by atoms with van der Waals surface area (Å²) in [6, 6.07) is 14.7. The molecule has 5 rings (SSSR count). The highest BCUT2D eigenvalue weighted by Crippen LogP contribution is 2.36. The molecule has 4 aromatic rings. The van der Waals surface area contributed by atoms with Gasteiger partial charge in [-0.05, 0) is 88.5 Å². The number of carbonyl (C=O) groups is 2. The molecule has 354 valence electrons. The van der Waals surface area contributed by atoms with Crippen LogP contribution in [0, 0.1) is 32.1 Å². The van der Waals surface area contributed by atoms with E-state index in [0.29, 0.717) is 32.3 Å². The number of hydrogen-bond donors (Lipinski definition) is 2. The van der Waals surface area contributed by atoms with Gasteiger partial charge in [-0.2, -0.15) is 19.9 Å². The molecule has 0 fully saturated rings. The maximum Gasteiger partial charge on any atom is 0.415 e. The van der Waals surface area contributed by atoms with Crippen LogP contribution in [0.2, 0.25) is 0 Å². The summed E-state index contributed by atoms with van der Waals surface area (Å²) in [4.78, 5) is 65.6. The van der Waals surface area contributed by atoms with Crippen molar-refractivity contribution in [2.75, 3.05) is 47.7 Å². The normalized spacial score (nSPS) is 12.4. The zero-order chi connectivity index (χ0) is 52.4. The van der Waals surface area contributed by atoms with Gasteiger partial charge in [-0.1, -0.05) is 72.8 Å². The van der Waals surface area contributed by atoms with Crippen molar-refractivity contribution in [3.63, 3.8) is 0 Å². The number of benzene rings is 2. The van der Waals surface area contributed by atoms with E-state index in [1.807, 2.05) is 56.3 Å². The number of ether oxygens (including phenoxy) is 4. The van der Waals surface area contributed by atoms with E-state index in [1.54, 1.807) is 32.1 Å². The first kappa shape index (κ1) is 48.9. The molecule has 2 aromatic heterocycles. The van der Waals surface area contributed by atoms with Gasteiger partial charge < -0.3 is 30.4 Å². The molecule has 3 heterocycles. The smallest absolute Gasteiger partial charge is 0.415 e. The van der Waals surface area contributed by atoms with Gasteiger partial charge in [0, 0.05) is 5.94 Å². The highest BCUT2D eigenvalue weighted by molar-refractivity contribution is 5.91. The minimum absolute atomic E-state index is 0.00706. The Morgan fingerprint density at radius 2 is 1.61 bits per heavy atom. The van der Waals surface area contributed by atoms with Crippen molar-refractivity contribution < 1.29 is 44.3 Å². The van der Waals surface area contributed by atoms with Crippen LogP contribution < -0.4 is 30.7 Å². The largest absolute Gasteiger partial charge is 0.463 e. The lowest BCUT2D eigenvalue weighted by Crippen LogP contribution is -2.33. The first-order chi connectivity index (χ1) is 33.8. The fraction of sp³-hybridized carbons (Fsp3) is 0.348. The van der Waals surface area contributed by atoms with Crippen molar-refractivity contribution in [3.8, 4) is 23.9 Å². The van der Waals surface area contributed by atoms with Crippen molar-refractivity contribution >= 4 is 46.8 Å². The Bertz CT molecular complexity index is 2420. The molecule has 2 aromatic carbocycles. The Labute approximate surface area is 389 Å². The minimum atomic E-state index is -0.805. The number of anilines is 4. The molecule has 20 heteroatoms. The average Bonchev–Trinajstić information content (AvgIpc) is 3.35. The molecule has 0 spiro atoms. The molecule has 0 radical (unpaired) electrons. The first-order valence-electron chi connectivity index (χ1n) is 23.0. The van der Waals surface area contributed by atoms with Crippen LogP contribution in [0.4, 0.5) is 44.2 Å². The number of fused-ring (bicyclic) bond motifs is 4. The summed E-state index contributed by atoms with van der Waals surface area (Å²) in [5.74, 6) is 4.01. The summed E-state index contributed by atoms with van der Waals surface area (Å²) < 4.78 is 41.3. The van der Waals surface area contributed by atoms with Gasteiger partial charge >= 0.3 is 35.6 Å². The summed E-state index contributed by atoms with van der Waals surface area (Å²) in [5.41, 5.74) is 14.0. The van der Waals surface area contributed by atoms with Crippen LogP contribution in [0.25, 0.3) is 0 Å². The predicted octanol–water partition coefficient (Wildman–Crippen LogP) is 9.13. The monoisotopic (exact) mass is 916 g/mol. The fourth-order valence-electron chi connectivity index (χ4n) is 5.92. The maximum absolute atomic E-state index is 12.8. The number of hydrogen-bond acceptors (Lipinski definition) is 16. The summed E-state index contributed by atoms with van der Waals surface area (Å²) in [6.07, 6.45) is 10.3. The number of amides is 2. The van der Waals surface area contributed by atoms with Gasteiger partial charge in [-0.15, -0.1) is 25.0 Å². The number of aromatic nitrogens is 4. The maximum atomic E-state index is 12.8. The Balaban J connectivity index is 0.000000610.